The first-order chi connectivity index (χ1) is 14.5. The predicted molar refractivity (Wildman–Crippen MR) is 127 cm³/mol. The molecule has 152 valence electrons. The van der Waals surface area contributed by atoms with Crippen LogP contribution in [0.15, 0.2) is 64.5 Å². The van der Waals surface area contributed by atoms with Gasteiger partial charge in [0.2, 0.25) is 0 Å². The average molecular weight is 437 g/mol. The zero-order chi connectivity index (χ0) is 21.1. The molecule has 3 aromatic carbocycles. The van der Waals surface area contributed by atoms with Gasteiger partial charge in [0.1, 0.15) is 5.75 Å². The molecule has 0 radical (unpaired) electrons. The Morgan fingerprint density at radius 1 is 1.17 bits per heavy atom. The number of amides is 1. The van der Waals surface area contributed by atoms with Gasteiger partial charge >= 0.3 is 0 Å². The van der Waals surface area contributed by atoms with E-state index < -0.39 is 0 Å². The first-order valence-corrected chi connectivity index (χ1v) is 10.9. The third-order valence-corrected chi connectivity index (χ3v) is 6.02. The standard InChI is InChI=1S/C24H21ClN2O2S/c1-3-12-29-21-11-9-16-6-4-5-7-18(16)19(21)14-22-23(28)27-24(30-22)26-17-10-8-15(2)20(25)13-17/h4-11,13-14H,3,12H2,1-2H3,(H,26,27,28)/b22-14-. The second-order valence-corrected chi connectivity index (χ2v) is 8.40. The number of fused-ring (bicyclic) bond motifs is 1. The molecule has 1 aliphatic heterocycles. The van der Waals surface area contributed by atoms with E-state index >= 15 is 0 Å². The summed E-state index contributed by atoms with van der Waals surface area (Å²) in [4.78, 5) is 17.7. The summed E-state index contributed by atoms with van der Waals surface area (Å²) in [6.45, 7) is 4.63. The van der Waals surface area contributed by atoms with Crippen molar-refractivity contribution in [1.82, 2.24) is 5.32 Å². The highest BCUT2D eigenvalue weighted by atomic mass is 35.5. The van der Waals surface area contributed by atoms with Crippen molar-refractivity contribution < 1.29 is 9.53 Å². The molecule has 1 N–H and O–H groups in total. The van der Waals surface area contributed by atoms with Crippen LogP contribution in [0, 0.1) is 6.92 Å². The molecule has 3 aromatic rings. The Balaban J connectivity index is 1.71. The Kier molecular flexibility index (Phi) is 6.11. The number of benzene rings is 3. The van der Waals surface area contributed by atoms with E-state index in [9.17, 15) is 4.79 Å². The molecule has 4 nitrogen and oxygen atoms in total. The minimum atomic E-state index is -0.175. The maximum absolute atomic E-state index is 12.6. The normalized spacial score (nSPS) is 16.4. The molecule has 0 atom stereocenters. The third-order valence-electron chi connectivity index (χ3n) is 4.70. The number of nitrogens with zero attached hydrogens (tertiary/aromatic N) is 1. The molecule has 0 saturated carbocycles. The fourth-order valence-corrected chi connectivity index (χ4v) is 4.14. The molecule has 0 spiro atoms. The number of amidine groups is 1. The van der Waals surface area contributed by atoms with Crippen LogP contribution in [0.1, 0.15) is 24.5 Å². The van der Waals surface area contributed by atoms with Gasteiger partial charge in [0.05, 0.1) is 17.2 Å². The molecule has 1 heterocycles. The van der Waals surface area contributed by atoms with Crippen molar-refractivity contribution in [2.24, 2.45) is 4.99 Å². The molecule has 30 heavy (non-hydrogen) atoms. The highest BCUT2D eigenvalue weighted by molar-refractivity contribution is 8.18. The Bertz CT molecular complexity index is 1190. The third kappa shape index (κ3) is 4.37. The van der Waals surface area contributed by atoms with Gasteiger partial charge in [0.25, 0.3) is 5.91 Å². The quantitative estimate of drug-likeness (QED) is 0.465. The highest BCUT2D eigenvalue weighted by Crippen LogP contribution is 2.35. The van der Waals surface area contributed by atoms with Gasteiger partial charge in [-0.15, -0.1) is 0 Å². The Hall–Kier alpha value is -2.76. The first kappa shape index (κ1) is 20.5. The van der Waals surface area contributed by atoms with Gasteiger partial charge in [-0.25, -0.2) is 4.99 Å². The Morgan fingerprint density at radius 3 is 2.80 bits per heavy atom. The molecular weight excluding hydrogens is 416 g/mol. The number of nitrogens with one attached hydrogen (secondary N) is 1. The van der Waals surface area contributed by atoms with Crippen molar-refractivity contribution in [2.45, 2.75) is 20.3 Å². The second kappa shape index (κ2) is 8.94. The van der Waals surface area contributed by atoms with Crippen molar-refractivity contribution in [1.29, 1.82) is 0 Å². The molecule has 0 aromatic heterocycles. The van der Waals surface area contributed by atoms with E-state index in [1.54, 1.807) is 6.07 Å². The average Bonchev–Trinajstić information content (AvgIpc) is 3.08. The predicted octanol–water partition coefficient (Wildman–Crippen LogP) is 6.48. The van der Waals surface area contributed by atoms with Crippen LogP contribution in [-0.2, 0) is 4.79 Å². The monoisotopic (exact) mass is 436 g/mol. The minimum Gasteiger partial charge on any atom is -0.493 e. The van der Waals surface area contributed by atoms with Crippen molar-refractivity contribution in [3.63, 3.8) is 0 Å². The van der Waals surface area contributed by atoms with Crippen LogP contribution < -0.4 is 10.1 Å². The van der Waals surface area contributed by atoms with Crippen LogP contribution in [0.25, 0.3) is 16.8 Å². The minimum absolute atomic E-state index is 0.175. The summed E-state index contributed by atoms with van der Waals surface area (Å²) < 4.78 is 5.96. The van der Waals surface area contributed by atoms with Gasteiger partial charge in [0.15, 0.2) is 5.17 Å². The molecule has 1 aliphatic rings. The summed E-state index contributed by atoms with van der Waals surface area (Å²) in [5.41, 5.74) is 2.59. The fourth-order valence-electron chi connectivity index (χ4n) is 3.14. The van der Waals surface area contributed by atoms with E-state index in [2.05, 4.69) is 23.3 Å². The molecule has 4 rings (SSSR count). The maximum Gasteiger partial charge on any atom is 0.264 e. The first-order valence-electron chi connectivity index (χ1n) is 9.75. The lowest BCUT2D eigenvalue weighted by Crippen LogP contribution is -2.19. The van der Waals surface area contributed by atoms with Crippen molar-refractivity contribution >= 4 is 57.0 Å². The number of thioether (sulfide) groups is 1. The maximum atomic E-state index is 12.6. The van der Waals surface area contributed by atoms with Gasteiger partial charge in [0, 0.05) is 10.6 Å². The summed E-state index contributed by atoms with van der Waals surface area (Å²) in [5.74, 6) is 0.596. The van der Waals surface area contributed by atoms with Crippen LogP contribution in [0.4, 0.5) is 5.69 Å². The molecule has 6 heteroatoms. The zero-order valence-corrected chi connectivity index (χ0v) is 18.3. The van der Waals surface area contributed by atoms with Crippen LogP contribution in [0.3, 0.4) is 0 Å². The lowest BCUT2D eigenvalue weighted by atomic mass is 10.0. The smallest absolute Gasteiger partial charge is 0.264 e. The fraction of sp³-hybridized carbons (Fsp3) is 0.167. The van der Waals surface area contributed by atoms with E-state index in [1.165, 1.54) is 11.8 Å². The number of ether oxygens (including phenoxy) is 1. The van der Waals surface area contributed by atoms with E-state index in [0.29, 0.717) is 27.4 Å². The Labute approximate surface area is 185 Å². The van der Waals surface area contributed by atoms with Crippen LogP contribution >= 0.6 is 23.4 Å². The van der Waals surface area contributed by atoms with Crippen LogP contribution in [0.5, 0.6) is 5.75 Å². The summed E-state index contributed by atoms with van der Waals surface area (Å²) in [7, 11) is 0. The lowest BCUT2D eigenvalue weighted by Gasteiger charge is -2.11. The number of hydrogen-bond acceptors (Lipinski definition) is 4. The number of halogens is 1. The van der Waals surface area contributed by atoms with Gasteiger partial charge in [-0.1, -0.05) is 54.9 Å². The van der Waals surface area contributed by atoms with E-state index in [1.807, 2.05) is 55.5 Å². The van der Waals surface area contributed by atoms with Crippen molar-refractivity contribution in [3.8, 4) is 5.75 Å². The van der Waals surface area contributed by atoms with Crippen LogP contribution in [0.2, 0.25) is 5.02 Å². The number of rotatable bonds is 5. The zero-order valence-electron chi connectivity index (χ0n) is 16.7. The number of carbonyl (C=O) groups excluding carboxylic acids is 1. The molecule has 0 unspecified atom stereocenters. The molecule has 1 saturated heterocycles. The molecule has 0 aliphatic carbocycles. The number of aliphatic imine (C=N–C) groups is 1. The molecule has 1 amide bonds. The topological polar surface area (TPSA) is 50.7 Å². The summed E-state index contributed by atoms with van der Waals surface area (Å²) in [6, 6.07) is 17.7. The summed E-state index contributed by atoms with van der Waals surface area (Å²) >= 11 is 7.50. The van der Waals surface area contributed by atoms with Crippen LogP contribution in [-0.4, -0.2) is 17.7 Å². The van der Waals surface area contributed by atoms with Gasteiger partial charge in [-0.3, -0.25) is 4.79 Å². The number of carbonyl (C=O) groups is 1. The SMILES string of the molecule is CCCOc1ccc2ccccc2c1/C=C1\SC(=Nc2ccc(C)c(Cl)c2)NC1=O. The lowest BCUT2D eigenvalue weighted by molar-refractivity contribution is -0.115. The van der Waals surface area contributed by atoms with Gasteiger partial charge in [-0.05, 0) is 65.7 Å². The van der Waals surface area contributed by atoms with E-state index in [-0.39, 0.29) is 5.91 Å². The van der Waals surface area contributed by atoms with Gasteiger partial charge < -0.3 is 10.1 Å². The molecular formula is C24H21ClN2O2S. The molecule has 0 bridgehead atoms. The second-order valence-electron chi connectivity index (χ2n) is 6.96. The van der Waals surface area contributed by atoms with E-state index in [4.69, 9.17) is 16.3 Å². The largest absolute Gasteiger partial charge is 0.493 e. The van der Waals surface area contributed by atoms with Crippen molar-refractivity contribution in [3.05, 3.63) is 75.7 Å². The van der Waals surface area contributed by atoms with Crippen molar-refractivity contribution in [2.75, 3.05) is 6.61 Å². The van der Waals surface area contributed by atoms with E-state index in [0.717, 1.165) is 34.1 Å². The summed E-state index contributed by atoms with van der Waals surface area (Å²) in [6.07, 6.45) is 2.80. The summed E-state index contributed by atoms with van der Waals surface area (Å²) in [5, 5.41) is 6.16. The van der Waals surface area contributed by atoms with Gasteiger partial charge in [-0.2, -0.15) is 0 Å². The number of aryl methyl sites for hydroxylation is 1. The number of hydrogen-bond donors (Lipinski definition) is 1. The Morgan fingerprint density at radius 2 is 2.00 bits per heavy atom. The highest BCUT2D eigenvalue weighted by Gasteiger charge is 2.25. The molecule has 1 fully saturated rings.